The summed E-state index contributed by atoms with van der Waals surface area (Å²) < 4.78 is 0. The van der Waals surface area contributed by atoms with E-state index in [9.17, 15) is 4.79 Å². The summed E-state index contributed by atoms with van der Waals surface area (Å²) in [4.78, 5) is 10.9. The maximum atomic E-state index is 10.9. The Bertz CT molecular complexity index is 310. The number of hydrogen-bond donors (Lipinski definition) is 1. The first-order valence-corrected chi connectivity index (χ1v) is 5.57. The van der Waals surface area contributed by atoms with Crippen molar-refractivity contribution in [2.75, 3.05) is 0 Å². The number of carbonyl (C=O) groups is 1. The van der Waals surface area contributed by atoms with Crippen LogP contribution in [0.15, 0.2) is 11.1 Å². The van der Waals surface area contributed by atoms with E-state index in [4.69, 9.17) is 16.7 Å². The highest BCUT2D eigenvalue weighted by Crippen LogP contribution is 2.60. The van der Waals surface area contributed by atoms with E-state index >= 15 is 0 Å². The van der Waals surface area contributed by atoms with Gasteiger partial charge < -0.3 is 5.11 Å². The molecule has 0 aromatic heterocycles. The van der Waals surface area contributed by atoms with E-state index in [1.54, 1.807) is 0 Å². The van der Waals surface area contributed by atoms with Crippen molar-refractivity contribution in [3.05, 3.63) is 11.1 Å². The highest BCUT2D eigenvalue weighted by molar-refractivity contribution is 6.30. The first-order valence-electron chi connectivity index (χ1n) is 5.19. The van der Waals surface area contributed by atoms with Crippen molar-refractivity contribution < 1.29 is 9.90 Å². The molecule has 1 fully saturated rings. The molecule has 15 heavy (non-hydrogen) atoms. The van der Waals surface area contributed by atoms with E-state index in [-0.39, 0.29) is 22.7 Å². The van der Waals surface area contributed by atoms with Gasteiger partial charge in [0.1, 0.15) is 0 Å². The van der Waals surface area contributed by atoms with Crippen LogP contribution in [0.2, 0.25) is 0 Å². The van der Waals surface area contributed by atoms with Crippen LogP contribution in [0.1, 0.15) is 34.6 Å². The Labute approximate surface area is 96.3 Å². The largest absolute Gasteiger partial charge is 0.481 e. The Kier molecular flexibility index (Phi) is 2.94. The third-order valence-electron chi connectivity index (χ3n) is 3.22. The second-order valence-corrected chi connectivity index (χ2v) is 6.33. The summed E-state index contributed by atoms with van der Waals surface area (Å²) in [6.07, 6.45) is 1.92. The number of allylic oxidation sites excluding steroid dienone is 2. The lowest BCUT2D eigenvalue weighted by Crippen LogP contribution is -2.05. The number of hydrogen-bond acceptors (Lipinski definition) is 1. The Balaban J connectivity index is 2.83. The summed E-state index contributed by atoms with van der Waals surface area (Å²) in [5, 5.41) is 9.76. The van der Waals surface area contributed by atoms with Crippen molar-refractivity contribution in [3.8, 4) is 0 Å². The van der Waals surface area contributed by atoms with Gasteiger partial charge in [-0.2, -0.15) is 0 Å². The molecule has 1 aliphatic rings. The lowest BCUT2D eigenvalue weighted by Gasteiger charge is -2.17. The van der Waals surface area contributed by atoms with Gasteiger partial charge in [-0.05, 0) is 16.7 Å². The Morgan fingerprint density at radius 3 is 2.13 bits per heavy atom. The molecule has 0 heterocycles. The third-order valence-corrected chi connectivity index (χ3v) is 3.91. The fourth-order valence-electron chi connectivity index (χ4n) is 1.87. The second-order valence-electron chi connectivity index (χ2n) is 5.93. The van der Waals surface area contributed by atoms with E-state index in [1.165, 1.54) is 0 Å². The smallest absolute Gasteiger partial charge is 0.307 e. The molecular weight excluding hydrogens is 212 g/mol. The molecule has 0 aliphatic heterocycles. The number of rotatable bonds is 2. The highest BCUT2D eigenvalue weighted by atomic mass is 35.5. The highest BCUT2D eigenvalue weighted by Gasteiger charge is 2.61. The average molecular weight is 231 g/mol. The van der Waals surface area contributed by atoms with Crippen molar-refractivity contribution in [2.24, 2.45) is 22.7 Å². The van der Waals surface area contributed by atoms with Gasteiger partial charge >= 0.3 is 5.97 Å². The molecule has 1 saturated carbocycles. The minimum Gasteiger partial charge on any atom is -0.481 e. The molecule has 2 nitrogen and oxygen atoms in total. The molecule has 1 rings (SSSR count). The lowest BCUT2D eigenvalue weighted by atomic mass is 9.94. The molecule has 0 saturated heterocycles. The van der Waals surface area contributed by atoms with Gasteiger partial charge in [0.25, 0.3) is 0 Å². The van der Waals surface area contributed by atoms with Crippen LogP contribution in [0, 0.1) is 22.7 Å². The molecule has 0 bridgehead atoms. The number of carboxylic acids is 1. The van der Waals surface area contributed by atoms with E-state index in [0.29, 0.717) is 0 Å². The van der Waals surface area contributed by atoms with E-state index in [0.717, 1.165) is 5.03 Å². The van der Waals surface area contributed by atoms with Crippen LogP contribution < -0.4 is 0 Å². The monoisotopic (exact) mass is 230 g/mol. The first kappa shape index (κ1) is 12.6. The second kappa shape index (κ2) is 3.51. The van der Waals surface area contributed by atoms with Crippen LogP contribution in [-0.4, -0.2) is 11.1 Å². The Hall–Kier alpha value is -0.500. The SMILES string of the molecule is CC(C)(C)C(Cl)=C[C@H]1[C@H](C(=O)O)C1(C)C. The molecule has 0 amide bonds. The normalized spacial score (nSPS) is 30.1. The zero-order valence-corrected chi connectivity index (χ0v) is 10.7. The minimum atomic E-state index is -0.723. The third kappa shape index (κ3) is 2.36. The quantitative estimate of drug-likeness (QED) is 0.788. The van der Waals surface area contributed by atoms with Gasteiger partial charge in [0, 0.05) is 5.03 Å². The van der Waals surface area contributed by atoms with Gasteiger partial charge in [-0.1, -0.05) is 52.3 Å². The maximum absolute atomic E-state index is 10.9. The van der Waals surface area contributed by atoms with Crippen molar-refractivity contribution >= 4 is 17.6 Å². The summed E-state index contributed by atoms with van der Waals surface area (Å²) in [7, 11) is 0. The van der Waals surface area contributed by atoms with Crippen molar-refractivity contribution in [1.82, 2.24) is 0 Å². The van der Waals surface area contributed by atoms with E-state index in [1.807, 2.05) is 40.7 Å². The lowest BCUT2D eigenvalue weighted by molar-refractivity contribution is -0.139. The van der Waals surface area contributed by atoms with Crippen LogP contribution in [0.25, 0.3) is 0 Å². The fourth-order valence-corrected chi connectivity index (χ4v) is 2.00. The predicted octanol–water partition coefficient (Wildman–Crippen LogP) is 3.51. The number of halogens is 1. The molecular formula is C12H19ClO2. The molecule has 1 N–H and O–H groups in total. The van der Waals surface area contributed by atoms with Gasteiger partial charge in [0.2, 0.25) is 0 Å². The minimum absolute atomic E-state index is 0.0710. The van der Waals surface area contributed by atoms with Gasteiger partial charge in [-0.15, -0.1) is 0 Å². The summed E-state index contributed by atoms with van der Waals surface area (Å²) in [6, 6.07) is 0. The van der Waals surface area contributed by atoms with Crippen LogP contribution in [0.4, 0.5) is 0 Å². The van der Waals surface area contributed by atoms with Crippen LogP contribution in [-0.2, 0) is 4.79 Å². The molecule has 86 valence electrons. The summed E-state index contributed by atoms with van der Waals surface area (Å²) >= 11 is 6.16. The van der Waals surface area contributed by atoms with Gasteiger partial charge in [-0.25, -0.2) is 0 Å². The van der Waals surface area contributed by atoms with Gasteiger partial charge in [-0.3, -0.25) is 4.79 Å². The van der Waals surface area contributed by atoms with Crippen molar-refractivity contribution in [3.63, 3.8) is 0 Å². The van der Waals surface area contributed by atoms with Crippen LogP contribution in [0.3, 0.4) is 0 Å². The molecule has 2 atom stereocenters. The summed E-state index contributed by atoms with van der Waals surface area (Å²) in [5.74, 6) is -0.935. The molecule has 1 aliphatic carbocycles. The first-order chi connectivity index (χ1) is 6.58. The predicted molar refractivity (Wildman–Crippen MR) is 61.8 cm³/mol. The van der Waals surface area contributed by atoms with Crippen molar-refractivity contribution in [2.45, 2.75) is 34.6 Å². The van der Waals surface area contributed by atoms with Gasteiger partial charge in [0.05, 0.1) is 5.92 Å². The molecule has 0 spiro atoms. The zero-order valence-electron chi connectivity index (χ0n) is 9.97. The van der Waals surface area contributed by atoms with Crippen molar-refractivity contribution in [1.29, 1.82) is 0 Å². The standard InChI is InChI=1S/C12H19ClO2/c1-11(2,3)8(13)6-7-9(10(14)15)12(7,4)5/h6-7,9H,1-5H3,(H,14,15)/t7-,9+/m0/s1. The molecule has 0 radical (unpaired) electrons. The van der Waals surface area contributed by atoms with Crippen LogP contribution >= 0.6 is 11.6 Å². The molecule has 0 aromatic rings. The van der Waals surface area contributed by atoms with E-state index < -0.39 is 5.97 Å². The van der Waals surface area contributed by atoms with Gasteiger partial charge in [0.15, 0.2) is 0 Å². The topological polar surface area (TPSA) is 37.3 Å². The molecule has 0 unspecified atom stereocenters. The molecule has 3 heteroatoms. The fraction of sp³-hybridized carbons (Fsp3) is 0.750. The molecule has 0 aromatic carbocycles. The van der Waals surface area contributed by atoms with Crippen LogP contribution in [0.5, 0.6) is 0 Å². The average Bonchev–Trinajstić information content (AvgIpc) is 2.50. The zero-order chi connectivity index (χ0) is 12.0. The summed E-state index contributed by atoms with van der Waals surface area (Å²) in [6.45, 7) is 10.0. The number of carboxylic acid groups (broad SMARTS) is 1. The Morgan fingerprint density at radius 2 is 1.87 bits per heavy atom. The summed E-state index contributed by atoms with van der Waals surface area (Å²) in [5.41, 5.74) is -0.250. The Morgan fingerprint density at radius 1 is 1.40 bits per heavy atom. The maximum Gasteiger partial charge on any atom is 0.307 e. The number of aliphatic carboxylic acids is 1. The van der Waals surface area contributed by atoms with E-state index in [2.05, 4.69) is 0 Å².